The first-order valence-corrected chi connectivity index (χ1v) is 6.46. The number of halogens is 3. The summed E-state index contributed by atoms with van der Waals surface area (Å²) in [5.74, 6) is -0.676. The van der Waals surface area contributed by atoms with E-state index in [0.29, 0.717) is 16.6 Å². The predicted octanol–water partition coefficient (Wildman–Crippen LogP) is 1.16. The van der Waals surface area contributed by atoms with Crippen molar-refractivity contribution < 1.29 is 18.0 Å². The van der Waals surface area contributed by atoms with Crippen LogP contribution in [0, 0.1) is 0 Å². The molecule has 1 heterocycles. The fourth-order valence-corrected chi connectivity index (χ4v) is 2.20. The van der Waals surface area contributed by atoms with Gasteiger partial charge in [-0.3, -0.25) is 9.36 Å². The van der Waals surface area contributed by atoms with Crippen LogP contribution in [-0.4, -0.2) is 51.1 Å². The van der Waals surface area contributed by atoms with Gasteiger partial charge in [-0.15, -0.1) is 16.8 Å². The summed E-state index contributed by atoms with van der Waals surface area (Å²) in [5.41, 5.74) is 5.56. The molecule has 1 rings (SSSR count). The molecular formula is C10H14F3N5OS. The number of carbonyl (C=O) groups excluding carboxylic acids is 1. The number of hydrogen-bond donors (Lipinski definition) is 1. The van der Waals surface area contributed by atoms with Crippen LogP contribution in [0.4, 0.5) is 19.1 Å². The van der Waals surface area contributed by atoms with E-state index in [9.17, 15) is 18.0 Å². The van der Waals surface area contributed by atoms with Gasteiger partial charge in [0, 0.05) is 13.6 Å². The molecular weight excluding hydrogens is 295 g/mol. The summed E-state index contributed by atoms with van der Waals surface area (Å²) in [6.07, 6.45) is -2.84. The number of rotatable bonds is 6. The zero-order valence-electron chi connectivity index (χ0n) is 10.7. The van der Waals surface area contributed by atoms with E-state index in [1.54, 1.807) is 6.08 Å². The van der Waals surface area contributed by atoms with E-state index in [-0.39, 0.29) is 11.7 Å². The van der Waals surface area contributed by atoms with Gasteiger partial charge in [-0.2, -0.15) is 13.2 Å². The van der Waals surface area contributed by atoms with Crippen LogP contribution in [0.5, 0.6) is 0 Å². The van der Waals surface area contributed by atoms with E-state index in [1.165, 1.54) is 4.57 Å². The third kappa shape index (κ3) is 4.76. The first-order valence-electron chi connectivity index (χ1n) is 5.47. The Morgan fingerprint density at radius 1 is 1.55 bits per heavy atom. The molecule has 0 saturated heterocycles. The standard InChI is InChI=1S/C10H14F3N5OS/c1-3-4-18-8(14)15-16-9(18)20-5-7(19)17(2)6-10(11,12)13/h3H,1,4-6H2,2H3,(H2,14,15). The average Bonchev–Trinajstić information content (AvgIpc) is 2.66. The maximum absolute atomic E-state index is 12.1. The number of thioether (sulfide) groups is 1. The van der Waals surface area contributed by atoms with Crippen molar-refractivity contribution in [3.05, 3.63) is 12.7 Å². The van der Waals surface area contributed by atoms with Gasteiger partial charge in [0.25, 0.3) is 0 Å². The summed E-state index contributed by atoms with van der Waals surface area (Å²) in [6.45, 7) is 2.61. The van der Waals surface area contributed by atoms with Crippen LogP contribution in [0.1, 0.15) is 0 Å². The van der Waals surface area contributed by atoms with Crippen molar-refractivity contribution in [1.29, 1.82) is 0 Å². The summed E-state index contributed by atoms with van der Waals surface area (Å²) in [6, 6.07) is 0. The van der Waals surface area contributed by atoms with E-state index < -0.39 is 18.6 Å². The molecule has 10 heteroatoms. The Hall–Kier alpha value is -1.71. The van der Waals surface area contributed by atoms with E-state index in [4.69, 9.17) is 5.73 Å². The van der Waals surface area contributed by atoms with Crippen LogP contribution < -0.4 is 5.73 Å². The van der Waals surface area contributed by atoms with Gasteiger partial charge >= 0.3 is 6.18 Å². The molecule has 2 N–H and O–H groups in total. The third-order valence-corrected chi connectivity index (χ3v) is 3.18. The lowest BCUT2D eigenvalue weighted by Gasteiger charge is -2.18. The normalized spacial score (nSPS) is 11.4. The van der Waals surface area contributed by atoms with Crippen molar-refractivity contribution >= 4 is 23.6 Å². The van der Waals surface area contributed by atoms with Crippen LogP contribution in [0.2, 0.25) is 0 Å². The van der Waals surface area contributed by atoms with Gasteiger partial charge in [-0.1, -0.05) is 17.8 Å². The molecule has 0 aliphatic carbocycles. The van der Waals surface area contributed by atoms with Gasteiger partial charge in [-0.05, 0) is 0 Å². The summed E-state index contributed by atoms with van der Waals surface area (Å²) in [4.78, 5) is 12.2. The molecule has 0 atom stereocenters. The Bertz CT molecular complexity index is 488. The Morgan fingerprint density at radius 2 is 2.20 bits per heavy atom. The van der Waals surface area contributed by atoms with E-state index in [2.05, 4.69) is 16.8 Å². The smallest absolute Gasteiger partial charge is 0.368 e. The minimum atomic E-state index is -4.41. The number of allylic oxidation sites excluding steroid dienone is 1. The molecule has 0 bridgehead atoms. The topological polar surface area (TPSA) is 77.0 Å². The van der Waals surface area contributed by atoms with Crippen molar-refractivity contribution in [2.45, 2.75) is 17.9 Å². The maximum Gasteiger partial charge on any atom is 0.406 e. The molecule has 0 unspecified atom stereocenters. The number of aromatic nitrogens is 3. The highest BCUT2D eigenvalue weighted by atomic mass is 32.2. The predicted molar refractivity (Wildman–Crippen MR) is 69.0 cm³/mol. The number of nitrogen functional groups attached to an aromatic ring is 1. The van der Waals surface area contributed by atoms with Crippen molar-refractivity contribution in [2.24, 2.45) is 0 Å². The second-order valence-corrected chi connectivity index (χ2v) is 4.84. The minimum Gasteiger partial charge on any atom is -0.368 e. The van der Waals surface area contributed by atoms with Crippen LogP contribution >= 0.6 is 11.8 Å². The second kappa shape index (κ2) is 6.64. The number of hydrogen-bond acceptors (Lipinski definition) is 5. The van der Waals surface area contributed by atoms with E-state index in [0.717, 1.165) is 18.8 Å². The van der Waals surface area contributed by atoms with Gasteiger partial charge in [-0.25, -0.2) is 0 Å². The average molecular weight is 309 g/mol. The Morgan fingerprint density at radius 3 is 2.75 bits per heavy atom. The van der Waals surface area contributed by atoms with Crippen LogP contribution in [-0.2, 0) is 11.3 Å². The highest BCUT2D eigenvalue weighted by molar-refractivity contribution is 7.99. The molecule has 0 aliphatic heterocycles. The molecule has 112 valence electrons. The molecule has 1 aromatic heterocycles. The molecule has 20 heavy (non-hydrogen) atoms. The number of nitrogens with zero attached hydrogens (tertiary/aromatic N) is 4. The largest absolute Gasteiger partial charge is 0.406 e. The zero-order valence-corrected chi connectivity index (χ0v) is 11.5. The maximum atomic E-state index is 12.1. The molecule has 0 aliphatic rings. The summed E-state index contributed by atoms with van der Waals surface area (Å²) in [7, 11) is 1.10. The van der Waals surface area contributed by atoms with Crippen molar-refractivity contribution in [3.63, 3.8) is 0 Å². The SMILES string of the molecule is C=CCn1c(N)nnc1SCC(=O)N(C)CC(F)(F)F. The molecule has 1 amide bonds. The molecule has 0 radical (unpaired) electrons. The van der Waals surface area contributed by atoms with Crippen LogP contribution in [0.25, 0.3) is 0 Å². The lowest BCUT2D eigenvalue weighted by Crippen LogP contribution is -2.36. The number of amides is 1. The number of carbonyl (C=O) groups is 1. The van der Waals surface area contributed by atoms with Gasteiger partial charge in [0.05, 0.1) is 5.75 Å². The molecule has 0 aromatic carbocycles. The molecule has 0 spiro atoms. The van der Waals surface area contributed by atoms with Crippen molar-refractivity contribution in [1.82, 2.24) is 19.7 Å². The Labute approximate surface area is 117 Å². The quantitative estimate of drug-likeness (QED) is 0.630. The van der Waals surface area contributed by atoms with Crippen molar-refractivity contribution in [2.75, 3.05) is 25.1 Å². The van der Waals surface area contributed by atoms with Gasteiger partial charge in [0.1, 0.15) is 6.54 Å². The minimum absolute atomic E-state index is 0.156. The van der Waals surface area contributed by atoms with Crippen LogP contribution in [0.15, 0.2) is 17.8 Å². The number of nitrogens with two attached hydrogens (primary N) is 1. The zero-order chi connectivity index (χ0) is 15.3. The summed E-state index contributed by atoms with van der Waals surface area (Å²) in [5, 5.41) is 7.74. The lowest BCUT2D eigenvalue weighted by atomic mass is 10.5. The van der Waals surface area contributed by atoms with Gasteiger partial charge in [0.2, 0.25) is 11.9 Å². The Kier molecular flexibility index (Phi) is 5.43. The molecule has 6 nitrogen and oxygen atoms in total. The summed E-state index contributed by atoms with van der Waals surface area (Å²) >= 11 is 0.973. The first kappa shape index (κ1) is 16.3. The van der Waals surface area contributed by atoms with E-state index >= 15 is 0 Å². The highest BCUT2D eigenvalue weighted by Crippen LogP contribution is 2.20. The van der Waals surface area contributed by atoms with E-state index in [1.807, 2.05) is 0 Å². The molecule has 0 fully saturated rings. The van der Waals surface area contributed by atoms with Gasteiger partial charge < -0.3 is 10.6 Å². The highest BCUT2D eigenvalue weighted by Gasteiger charge is 2.31. The van der Waals surface area contributed by atoms with Crippen LogP contribution in [0.3, 0.4) is 0 Å². The molecule has 0 saturated carbocycles. The fraction of sp³-hybridized carbons (Fsp3) is 0.500. The number of anilines is 1. The van der Waals surface area contributed by atoms with Gasteiger partial charge in [0.15, 0.2) is 5.16 Å². The third-order valence-electron chi connectivity index (χ3n) is 2.22. The monoisotopic (exact) mass is 309 g/mol. The molecule has 1 aromatic rings. The second-order valence-electron chi connectivity index (χ2n) is 3.89. The lowest BCUT2D eigenvalue weighted by molar-refractivity contribution is -0.156. The fourth-order valence-electron chi connectivity index (χ4n) is 1.30. The van der Waals surface area contributed by atoms with Crippen molar-refractivity contribution in [3.8, 4) is 0 Å². The summed E-state index contributed by atoms with van der Waals surface area (Å²) < 4.78 is 37.9. The Balaban J connectivity index is 2.59. The number of alkyl halides is 3. The first-order chi connectivity index (χ1) is 9.24.